The van der Waals surface area contributed by atoms with Crippen LogP contribution in [0.2, 0.25) is 0 Å². The first kappa shape index (κ1) is 15.0. The van der Waals surface area contributed by atoms with Crippen LogP contribution in [0.25, 0.3) is 0 Å². The lowest BCUT2D eigenvalue weighted by atomic mass is 10.0. The summed E-state index contributed by atoms with van der Waals surface area (Å²) >= 11 is 0. The molecule has 6 heteroatoms. The maximum atomic E-state index is 5.70. The summed E-state index contributed by atoms with van der Waals surface area (Å²) in [6, 6.07) is 4.44. The van der Waals surface area contributed by atoms with E-state index in [-0.39, 0.29) is 0 Å². The molecular weight excluding hydrogens is 278 g/mol. The maximum absolute atomic E-state index is 5.70. The minimum Gasteiger partial charge on any atom is -0.444 e. The molecule has 0 unspecified atom stereocenters. The van der Waals surface area contributed by atoms with Crippen molar-refractivity contribution < 1.29 is 4.42 Å². The van der Waals surface area contributed by atoms with E-state index in [1.165, 1.54) is 6.42 Å². The zero-order valence-corrected chi connectivity index (χ0v) is 13.5. The Hall–Kier alpha value is -1.95. The van der Waals surface area contributed by atoms with Crippen LogP contribution in [0.15, 0.2) is 22.7 Å². The number of aromatic nitrogens is 3. The molecule has 118 valence electrons. The van der Waals surface area contributed by atoms with Crippen LogP contribution in [0.3, 0.4) is 0 Å². The highest BCUT2D eigenvalue weighted by Crippen LogP contribution is 2.21. The van der Waals surface area contributed by atoms with Gasteiger partial charge < -0.3 is 9.32 Å². The van der Waals surface area contributed by atoms with E-state index in [4.69, 9.17) is 4.42 Å². The second kappa shape index (κ2) is 6.44. The molecule has 3 heterocycles. The van der Waals surface area contributed by atoms with E-state index in [0.717, 1.165) is 49.2 Å². The predicted molar refractivity (Wildman–Crippen MR) is 84.7 cm³/mol. The molecule has 2 aromatic heterocycles. The molecule has 0 N–H and O–H groups in total. The fourth-order valence-electron chi connectivity index (χ4n) is 2.93. The molecule has 1 aliphatic heterocycles. The van der Waals surface area contributed by atoms with Gasteiger partial charge in [0.15, 0.2) is 5.82 Å². The Labute approximate surface area is 131 Å². The lowest BCUT2D eigenvalue weighted by molar-refractivity contribution is 0.189. The fraction of sp³-hybridized carbons (Fsp3) is 0.562. The second-order valence-electron chi connectivity index (χ2n) is 5.99. The van der Waals surface area contributed by atoms with Crippen LogP contribution < -0.4 is 4.90 Å². The van der Waals surface area contributed by atoms with Crippen LogP contribution in [0.1, 0.15) is 30.2 Å². The summed E-state index contributed by atoms with van der Waals surface area (Å²) in [5.74, 6) is 2.67. The molecule has 1 atom stereocenters. The number of hydrogen-bond donors (Lipinski definition) is 0. The third kappa shape index (κ3) is 3.27. The van der Waals surface area contributed by atoms with Gasteiger partial charge in [-0.15, -0.1) is 5.10 Å². The Bertz CT molecular complexity index is 593. The Morgan fingerprint density at radius 1 is 1.41 bits per heavy atom. The van der Waals surface area contributed by atoms with Gasteiger partial charge in [0.25, 0.3) is 0 Å². The van der Waals surface area contributed by atoms with E-state index in [1.807, 2.05) is 26.0 Å². The SMILES string of the molecule is Cc1nc(CN(C)[C@H]2CCCN(c3cccnn3)C2)oc1C. The normalized spacial score (nSPS) is 18.9. The summed E-state index contributed by atoms with van der Waals surface area (Å²) in [5, 5.41) is 8.20. The van der Waals surface area contributed by atoms with E-state index in [9.17, 15) is 0 Å². The van der Waals surface area contributed by atoms with E-state index < -0.39 is 0 Å². The third-order valence-electron chi connectivity index (χ3n) is 4.36. The number of piperidine rings is 1. The van der Waals surface area contributed by atoms with E-state index >= 15 is 0 Å². The number of nitrogens with zero attached hydrogens (tertiary/aromatic N) is 5. The van der Waals surface area contributed by atoms with Crippen molar-refractivity contribution in [3.05, 3.63) is 35.7 Å². The van der Waals surface area contributed by atoms with Crippen LogP contribution in [-0.4, -0.2) is 46.3 Å². The maximum Gasteiger partial charge on any atom is 0.208 e. The first-order valence-electron chi connectivity index (χ1n) is 7.79. The Balaban J connectivity index is 1.64. The number of anilines is 1. The molecule has 0 amide bonds. The lowest BCUT2D eigenvalue weighted by Crippen LogP contribution is -2.46. The first-order valence-corrected chi connectivity index (χ1v) is 7.79. The van der Waals surface area contributed by atoms with Crippen molar-refractivity contribution in [1.82, 2.24) is 20.1 Å². The summed E-state index contributed by atoms with van der Waals surface area (Å²) in [6.45, 7) is 6.70. The van der Waals surface area contributed by atoms with Crippen molar-refractivity contribution in [3.63, 3.8) is 0 Å². The minimum absolute atomic E-state index is 0.475. The van der Waals surface area contributed by atoms with Gasteiger partial charge in [0.1, 0.15) is 5.76 Å². The fourth-order valence-corrected chi connectivity index (χ4v) is 2.93. The lowest BCUT2D eigenvalue weighted by Gasteiger charge is -2.37. The molecule has 0 spiro atoms. The van der Waals surface area contributed by atoms with Crippen LogP contribution in [0, 0.1) is 13.8 Å². The van der Waals surface area contributed by atoms with Gasteiger partial charge in [0.05, 0.1) is 12.2 Å². The highest BCUT2D eigenvalue weighted by atomic mass is 16.4. The molecule has 0 aliphatic carbocycles. The van der Waals surface area contributed by atoms with Crippen molar-refractivity contribution in [3.8, 4) is 0 Å². The molecular formula is C16H23N5O. The average Bonchev–Trinajstić information content (AvgIpc) is 2.86. The van der Waals surface area contributed by atoms with E-state index in [0.29, 0.717) is 6.04 Å². The molecule has 0 radical (unpaired) electrons. The number of hydrogen-bond acceptors (Lipinski definition) is 6. The number of rotatable bonds is 4. The molecule has 3 rings (SSSR count). The average molecular weight is 301 g/mol. The second-order valence-corrected chi connectivity index (χ2v) is 5.99. The van der Waals surface area contributed by atoms with Gasteiger partial charge in [0, 0.05) is 25.3 Å². The van der Waals surface area contributed by atoms with Gasteiger partial charge in [0.2, 0.25) is 5.89 Å². The van der Waals surface area contributed by atoms with Crippen LogP contribution in [-0.2, 0) is 6.54 Å². The van der Waals surface area contributed by atoms with Crippen LogP contribution in [0.4, 0.5) is 5.82 Å². The summed E-state index contributed by atoms with van der Waals surface area (Å²) in [5.41, 5.74) is 0.980. The zero-order valence-electron chi connectivity index (χ0n) is 13.5. The largest absolute Gasteiger partial charge is 0.444 e. The molecule has 1 fully saturated rings. The topological polar surface area (TPSA) is 58.3 Å². The van der Waals surface area contributed by atoms with Gasteiger partial charge in [-0.2, -0.15) is 5.10 Å². The third-order valence-corrected chi connectivity index (χ3v) is 4.36. The Morgan fingerprint density at radius 2 is 2.27 bits per heavy atom. The van der Waals surface area contributed by atoms with Gasteiger partial charge in [-0.05, 0) is 45.9 Å². The van der Waals surface area contributed by atoms with Crippen LogP contribution >= 0.6 is 0 Å². The smallest absolute Gasteiger partial charge is 0.208 e. The van der Waals surface area contributed by atoms with Gasteiger partial charge in [-0.3, -0.25) is 4.90 Å². The Kier molecular flexibility index (Phi) is 4.38. The summed E-state index contributed by atoms with van der Waals surface area (Å²) in [4.78, 5) is 9.11. The molecule has 0 saturated carbocycles. The standard InChI is InChI=1S/C16H23N5O/c1-12-13(2)22-16(18-12)11-20(3)14-6-5-9-21(10-14)15-7-4-8-17-19-15/h4,7-8,14H,5-6,9-11H2,1-3H3/t14-/m0/s1. The summed E-state index contributed by atoms with van der Waals surface area (Å²) in [6.07, 6.45) is 4.06. The van der Waals surface area contributed by atoms with Gasteiger partial charge in [-0.25, -0.2) is 4.98 Å². The zero-order chi connectivity index (χ0) is 15.5. The van der Waals surface area contributed by atoms with Crippen molar-refractivity contribution in [2.45, 2.75) is 39.3 Å². The molecule has 0 aromatic carbocycles. The molecule has 6 nitrogen and oxygen atoms in total. The summed E-state index contributed by atoms with van der Waals surface area (Å²) in [7, 11) is 2.14. The highest BCUT2D eigenvalue weighted by molar-refractivity contribution is 5.37. The molecule has 0 bridgehead atoms. The van der Waals surface area contributed by atoms with Crippen molar-refractivity contribution in [1.29, 1.82) is 0 Å². The first-order chi connectivity index (χ1) is 10.6. The molecule has 1 saturated heterocycles. The molecule has 1 aliphatic rings. The van der Waals surface area contributed by atoms with Gasteiger partial charge in [-0.1, -0.05) is 0 Å². The molecule has 22 heavy (non-hydrogen) atoms. The van der Waals surface area contributed by atoms with Crippen molar-refractivity contribution in [2.75, 3.05) is 25.0 Å². The van der Waals surface area contributed by atoms with E-state index in [2.05, 4.69) is 32.0 Å². The monoisotopic (exact) mass is 301 g/mol. The molecule has 2 aromatic rings. The number of likely N-dealkylation sites (N-methyl/N-ethyl adjacent to an activating group) is 1. The Morgan fingerprint density at radius 3 is 2.95 bits per heavy atom. The van der Waals surface area contributed by atoms with Crippen LogP contribution in [0.5, 0.6) is 0 Å². The minimum atomic E-state index is 0.475. The van der Waals surface area contributed by atoms with Crippen molar-refractivity contribution >= 4 is 5.82 Å². The van der Waals surface area contributed by atoms with Gasteiger partial charge >= 0.3 is 0 Å². The van der Waals surface area contributed by atoms with E-state index in [1.54, 1.807) is 6.20 Å². The van der Waals surface area contributed by atoms with Crippen molar-refractivity contribution in [2.24, 2.45) is 0 Å². The number of oxazole rings is 1. The number of aryl methyl sites for hydroxylation is 2. The predicted octanol–water partition coefficient (Wildman–Crippen LogP) is 2.18. The summed E-state index contributed by atoms with van der Waals surface area (Å²) < 4.78 is 5.70. The highest BCUT2D eigenvalue weighted by Gasteiger charge is 2.25. The quantitative estimate of drug-likeness (QED) is 0.862.